The van der Waals surface area contributed by atoms with E-state index in [2.05, 4.69) is 10.6 Å². The summed E-state index contributed by atoms with van der Waals surface area (Å²) in [5.41, 5.74) is -0.449. The van der Waals surface area contributed by atoms with Crippen molar-refractivity contribution < 1.29 is 18.0 Å². The third-order valence-corrected chi connectivity index (χ3v) is 4.56. The first kappa shape index (κ1) is 14.4. The molecule has 0 bridgehead atoms. The minimum atomic E-state index is -4.39. The molecular formula is C15H17F3N2O. The zero-order valence-corrected chi connectivity index (χ0v) is 11.5. The lowest BCUT2D eigenvalue weighted by molar-refractivity contribution is -0.137. The van der Waals surface area contributed by atoms with Crippen molar-refractivity contribution in [3.63, 3.8) is 0 Å². The Bertz CT molecular complexity index is 550. The molecule has 1 atom stereocenters. The van der Waals surface area contributed by atoms with Gasteiger partial charge < -0.3 is 10.6 Å². The van der Waals surface area contributed by atoms with Crippen LogP contribution in [0.25, 0.3) is 0 Å². The minimum absolute atomic E-state index is 0.0610. The van der Waals surface area contributed by atoms with Crippen LogP contribution >= 0.6 is 0 Å². The smallest absolute Gasteiger partial charge is 0.326 e. The highest BCUT2D eigenvalue weighted by Crippen LogP contribution is 2.58. The molecule has 0 aromatic heterocycles. The highest BCUT2D eigenvalue weighted by atomic mass is 19.4. The van der Waals surface area contributed by atoms with Crippen molar-refractivity contribution in [3.05, 3.63) is 29.8 Å². The van der Waals surface area contributed by atoms with Gasteiger partial charge in [0.2, 0.25) is 5.91 Å². The topological polar surface area (TPSA) is 41.1 Å². The lowest BCUT2D eigenvalue weighted by Gasteiger charge is -2.23. The summed E-state index contributed by atoms with van der Waals surface area (Å²) in [6.07, 6.45) is -1.61. The van der Waals surface area contributed by atoms with Gasteiger partial charge in [0.15, 0.2) is 0 Å². The van der Waals surface area contributed by atoms with E-state index in [-0.39, 0.29) is 22.9 Å². The van der Waals surface area contributed by atoms with Crippen molar-refractivity contribution in [2.75, 3.05) is 18.4 Å². The number of rotatable bonds is 2. The molecule has 2 aliphatic rings. The second-order valence-electron chi connectivity index (χ2n) is 5.94. The summed E-state index contributed by atoms with van der Waals surface area (Å²) >= 11 is 0. The molecule has 1 spiro atoms. The van der Waals surface area contributed by atoms with Gasteiger partial charge in [0.1, 0.15) is 0 Å². The molecule has 2 fully saturated rings. The van der Waals surface area contributed by atoms with E-state index in [9.17, 15) is 18.0 Å². The Kier molecular flexibility index (Phi) is 3.43. The summed E-state index contributed by atoms with van der Waals surface area (Å²) in [6, 6.07) is 4.78. The number of amides is 1. The van der Waals surface area contributed by atoms with E-state index in [4.69, 9.17) is 0 Å². The fourth-order valence-corrected chi connectivity index (χ4v) is 3.20. The Balaban J connectivity index is 1.66. The van der Waals surface area contributed by atoms with E-state index in [0.29, 0.717) is 0 Å². The molecule has 1 saturated carbocycles. The van der Waals surface area contributed by atoms with Crippen LogP contribution in [0.4, 0.5) is 18.9 Å². The molecule has 1 aromatic rings. The molecule has 3 rings (SSSR count). The second kappa shape index (κ2) is 5.02. The van der Waals surface area contributed by atoms with Crippen LogP contribution in [0.15, 0.2) is 24.3 Å². The van der Waals surface area contributed by atoms with Crippen LogP contribution in [0.5, 0.6) is 0 Å². The number of nitrogens with one attached hydrogen (secondary N) is 2. The van der Waals surface area contributed by atoms with Gasteiger partial charge in [0.25, 0.3) is 0 Å². The summed E-state index contributed by atoms with van der Waals surface area (Å²) in [7, 11) is 0. The van der Waals surface area contributed by atoms with Crippen molar-refractivity contribution in [1.82, 2.24) is 5.32 Å². The number of anilines is 1. The predicted molar refractivity (Wildman–Crippen MR) is 72.7 cm³/mol. The number of carbonyl (C=O) groups excluding carboxylic acids is 1. The molecule has 21 heavy (non-hydrogen) atoms. The van der Waals surface area contributed by atoms with Gasteiger partial charge in [0.05, 0.1) is 5.56 Å². The Hall–Kier alpha value is -1.56. The molecule has 1 aliphatic carbocycles. The second-order valence-corrected chi connectivity index (χ2v) is 5.94. The van der Waals surface area contributed by atoms with Crippen molar-refractivity contribution in [2.45, 2.75) is 25.4 Å². The van der Waals surface area contributed by atoms with E-state index in [1.54, 1.807) is 0 Å². The summed E-state index contributed by atoms with van der Waals surface area (Å²) in [4.78, 5) is 12.2. The lowest BCUT2D eigenvalue weighted by Crippen LogP contribution is -2.31. The summed E-state index contributed by atoms with van der Waals surface area (Å²) in [5.74, 6) is -0.217. The van der Waals surface area contributed by atoms with Crippen LogP contribution in [0.1, 0.15) is 24.8 Å². The first-order valence-corrected chi connectivity index (χ1v) is 7.10. The maximum absolute atomic E-state index is 12.6. The van der Waals surface area contributed by atoms with Gasteiger partial charge >= 0.3 is 6.18 Å². The number of hydrogen-bond donors (Lipinski definition) is 2. The van der Waals surface area contributed by atoms with Crippen molar-refractivity contribution >= 4 is 11.6 Å². The van der Waals surface area contributed by atoms with Crippen molar-refractivity contribution in [1.29, 1.82) is 0 Å². The molecule has 114 valence electrons. The summed E-state index contributed by atoms with van der Waals surface area (Å²) in [6.45, 7) is 1.82. The third kappa shape index (κ3) is 2.90. The predicted octanol–water partition coefficient (Wildman–Crippen LogP) is 3.03. The summed E-state index contributed by atoms with van der Waals surface area (Å²) in [5, 5.41) is 5.89. The molecule has 1 aromatic carbocycles. The molecular weight excluding hydrogens is 281 g/mol. The van der Waals surface area contributed by atoms with Crippen LogP contribution in [0.3, 0.4) is 0 Å². The molecule has 1 unspecified atom stereocenters. The number of piperidine rings is 1. The monoisotopic (exact) mass is 298 g/mol. The quantitative estimate of drug-likeness (QED) is 0.881. The highest BCUT2D eigenvalue weighted by Gasteiger charge is 2.57. The van der Waals surface area contributed by atoms with E-state index < -0.39 is 11.7 Å². The zero-order chi connectivity index (χ0) is 15.1. The number of halogens is 3. The molecule has 1 heterocycles. The van der Waals surface area contributed by atoms with Crippen molar-refractivity contribution in [2.24, 2.45) is 11.3 Å². The molecule has 1 amide bonds. The maximum atomic E-state index is 12.6. The van der Waals surface area contributed by atoms with E-state index in [0.717, 1.165) is 44.5 Å². The SMILES string of the molecule is O=C(Nc1cccc(C(F)(F)F)c1)C1CC12CCNCC2. The number of alkyl halides is 3. The first-order valence-electron chi connectivity index (χ1n) is 7.10. The van der Waals surface area contributed by atoms with Gasteiger partial charge in [-0.2, -0.15) is 13.2 Å². The average molecular weight is 298 g/mol. The largest absolute Gasteiger partial charge is 0.416 e. The van der Waals surface area contributed by atoms with E-state index in [1.807, 2.05) is 0 Å². The van der Waals surface area contributed by atoms with Gasteiger partial charge in [-0.3, -0.25) is 4.79 Å². The molecule has 6 heteroatoms. The van der Waals surface area contributed by atoms with Gasteiger partial charge in [0, 0.05) is 11.6 Å². The molecule has 0 radical (unpaired) electrons. The van der Waals surface area contributed by atoms with Crippen LogP contribution in [0.2, 0.25) is 0 Å². The van der Waals surface area contributed by atoms with Gasteiger partial charge in [-0.15, -0.1) is 0 Å². The number of benzene rings is 1. The number of carbonyl (C=O) groups is 1. The molecule has 3 nitrogen and oxygen atoms in total. The average Bonchev–Trinajstić information content (AvgIpc) is 3.12. The zero-order valence-electron chi connectivity index (χ0n) is 11.5. The maximum Gasteiger partial charge on any atom is 0.416 e. The Labute approximate surface area is 120 Å². The number of hydrogen-bond acceptors (Lipinski definition) is 2. The van der Waals surface area contributed by atoms with Gasteiger partial charge in [-0.05, 0) is 56.0 Å². The Morgan fingerprint density at radius 3 is 2.67 bits per heavy atom. The molecule has 2 N–H and O–H groups in total. The van der Waals surface area contributed by atoms with E-state index in [1.165, 1.54) is 12.1 Å². The fourth-order valence-electron chi connectivity index (χ4n) is 3.20. The van der Waals surface area contributed by atoms with Crippen LogP contribution in [-0.4, -0.2) is 19.0 Å². The fraction of sp³-hybridized carbons (Fsp3) is 0.533. The first-order chi connectivity index (χ1) is 9.91. The van der Waals surface area contributed by atoms with Crippen LogP contribution in [0, 0.1) is 11.3 Å². The van der Waals surface area contributed by atoms with Crippen molar-refractivity contribution in [3.8, 4) is 0 Å². The van der Waals surface area contributed by atoms with Crippen LogP contribution < -0.4 is 10.6 Å². The standard InChI is InChI=1S/C15H17F3N2O/c16-15(17,18)10-2-1-3-11(8-10)20-13(21)12-9-14(12)4-6-19-7-5-14/h1-3,8,12,19H,4-7,9H2,(H,20,21). The summed E-state index contributed by atoms with van der Waals surface area (Å²) < 4.78 is 37.9. The normalized spacial score (nSPS) is 23.9. The van der Waals surface area contributed by atoms with Crippen LogP contribution in [-0.2, 0) is 11.0 Å². The molecule has 1 saturated heterocycles. The van der Waals surface area contributed by atoms with E-state index >= 15 is 0 Å². The lowest BCUT2D eigenvalue weighted by atomic mass is 9.92. The Morgan fingerprint density at radius 1 is 1.29 bits per heavy atom. The molecule has 1 aliphatic heterocycles. The highest BCUT2D eigenvalue weighted by molar-refractivity contribution is 5.95. The minimum Gasteiger partial charge on any atom is -0.326 e. The van der Waals surface area contributed by atoms with Gasteiger partial charge in [-0.1, -0.05) is 6.07 Å². The Morgan fingerprint density at radius 2 is 2.00 bits per heavy atom. The third-order valence-electron chi connectivity index (χ3n) is 4.56. The van der Waals surface area contributed by atoms with Gasteiger partial charge in [-0.25, -0.2) is 0 Å².